The second-order valence-corrected chi connectivity index (χ2v) is 14.5. The lowest BCUT2D eigenvalue weighted by Crippen LogP contribution is -2.51. The van der Waals surface area contributed by atoms with Gasteiger partial charge in [0.15, 0.2) is 5.78 Å². The number of ether oxygens (including phenoxy) is 2. The highest BCUT2D eigenvalue weighted by molar-refractivity contribution is 5.91. The summed E-state index contributed by atoms with van der Waals surface area (Å²) in [5, 5.41) is 4.27. The molecule has 0 aromatic heterocycles. The molecule has 1 amide bonds. The summed E-state index contributed by atoms with van der Waals surface area (Å²) in [6.07, 6.45) is 10.8. The topological polar surface area (TPSA) is 94.5 Å². The minimum Gasteiger partial charge on any atom is -0.444 e. The Morgan fingerprint density at radius 3 is 2.58 bits per heavy atom. The molecule has 5 aliphatic rings. The van der Waals surface area contributed by atoms with Gasteiger partial charge in [-0.3, -0.25) is 9.63 Å². The quantitative estimate of drug-likeness (QED) is 0.159. The summed E-state index contributed by atoms with van der Waals surface area (Å²) >= 11 is 0. The number of nitrogens with zero attached hydrogens (tertiary/aromatic N) is 2. The molecule has 0 radical (unpaired) electrons. The zero-order chi connectivity index (χ0) is 28.9. The average Bonchev–Trinajstić information content (AvgIpc) is 3.49. The Morgan fingerprint density at radius 1 is 1.05 bits per heavy atom. The summed E-state index contributed by atoms with van der Waals surface area (Å²) in [5.74, 6) is 2.54. The van der Waals surface area contributed by atoms with Gasteiger partial charge in [0, 0.05) is 18.9 Å². The van der Waals surface area contributed by atoms with E-state index in [0.717, 1.165) is 44.2 Å². The Balaban J connectivity index is 1.17. The highest BCUT2D eigenvalue weighted by Gasteiger charge is 2.59. The van der Waals surface area contributed by atoms with E-state index in [0.29, 0.717) is 36.5 Å². The van der Waals surface area contributed by atoms with Crippen LogP contribution in [0.1, 0.15) is 106 Å². The van der Waals surface area contributed by atoms with Gasteiger partial charge in [-0.2, -0.15) is 0 Å². The van der Waals surface area contributed by atoms with Crippen molar-refractivity contribution in [3.05, 3.63) is 11.6 Å². The molecular weight excluding hydrogens is 508 g/mol. The van der Waals surface area contributed by atoms with Crippen LogP contribution in [-0.4, -0.2) is 53.4 Å². The molecule has 7 atom stereocenters. The van der Waals surface area contributed by atoms with Gasteiger partial charge >= 0.3 is 12.2 Å². The fourth-order valence-corrected chi connectivity index (χ4v) is 9.18. The van der Waals surface area contributed by atoms with Crippen LogP contribution in [0.3, 0.4) is 0 Å². The average molecular weight is 557 g/mol. The number of ketones is 1. The zero-order valence-electron chi connectivity index (χ0n) is 25.3. The van der Waals surface area contributed by atoms with Crippen LogP contribution in [0.2, 0.25) is 0 Å². The van der Waals surface area contributed by atoms with E-state index < -0.39 is 11.8 Å². The highest BCUT2D eigenvalue weighted by atomic mass is 16.8. The van der Waals surface area contributed by atoms with Crippen LogP contribution in [0.15, 0.2) is 16.8 Å². The number of amides is 1. The summed E-state index contributed by atoms with van der Waals surface area (Å²) in [4.78, 5) is 43.9. The molecule has 5 rings (SSSR count). The number of fused-ring (bicyclic) bond motifs is 5. The maximum absolute atomic E-state index is 12.5. The van der Waals surface area contributed by atoms with E-state index in [1.54, 1.807) is 4.90 Å². The maximum Gasteiger partial charge on any atom is 0.535 e. The molecule has 4 fully saturated rings. The van der Waals surface area contributed by atoms with E-state index in [2.05, 4.69) is 19.0 Å². The van der Waals surface area contributed by atoms with Gasteiger partial charge in [0.25, 0.3) is 0 Å². The molecule has 222 valence electrons. The number of carbonyl (C=O) groups is 3. The molecule has 0 aromatic rings. The molecule has 0 N–H and O–H groups in total. The van der Waals surface area contributed by atoms with Gasteiger partial charge in [-0.15, -0.1) is 0 Å². The minimum absolute atomic E-state index is 0.0692. The van der Waals surface area contributed by atoms with E-state index >= 15 is 0 Å². The first-order valence-corrected chi connectivity index (χ1v) is 15.4. The van der Waals surface area contributed by atoms with Gasteiger partial charge in [-0.25, -0.2) is 9.59 Å². The molecular formula is C32H48N2O6. The van der Waals surface area contributed by atoms with Gasteiger partial charge in [0.1, 0.15) is 12.2 Å². The number of hydrogen-bond donors (Lipinski definition) is 0. The Kier molecular flexibility index (Phi) is 7.86. The molecule has 0 spiro atoms. The van der Waals surface area contributed by atoms with E-state index in [-0.39, 0.29) is 35.5 Å². The predicted octanol–water partition coefficient (Wildman–Crippen LogP) is 7.06. The van der Waals surface area contributed by atoms with Crippen molar-refractivity contribution in [2.75, 3.05) is 13.2 Å². The molecule has 0 bridgehead atoms. The number of oxime groups is 1. The summed E-state index contributed by atoms with van der Waals surface area (Å²) < 4.78 is 10.9. The van der Waals surface area contributed by atoms with Crippen LogP contribution in [0, 0.1) is 34.5 Å². The van der Waals surface area contributed by atoms with E-state index in [4.69, 9.17) is 14.3 Å². The second kappa shape index (κ2) is 10.8. The van der Waals surface area contributed by atoms with Crippen molar-refractivity contribution in [1.29, 1.82) is 0 Å². The van der Waals surface area contributed by atoms with Crippen molar-refractivity contribution in [2.24, 2.45) is 39.7 Å². The summed E-state index contributed by atoms with van der Waals surface area (Å²) in [5.41, 5.74) is 2.01. The first-order chi connectivity index (χ1) is 18.8. The molecule has 40 heavy (non-hydrogen) atoms. The maximum atomic E-state index is 12.5. The SMILES string of the molecule is C/C(=N\OC(=O)OC[C@@H]1CCCN1C(=O)OC(C)(C)C)[C@H]1CCC2[C@@H]3CCC4=CC(=O)CC[C@]4(C)[C@H]3CC[C@@]21C. The third kappa shape index (κ3) is 5.44. The Morgan fingerprint density at radius 2 is 1.82 bits per heavy atom. The van der Waals surface area contributed by atoms with E-state index in [1.165, 1.54) is 24.8 Å². The highest BCUT2D eigenvalue weighted by Crippen LogP contribution is 2.66. The smallest absolute Gasteiger partial charge is 0.444 e. The van der Waals surface area contributed by atoms with Crippen LogP contribution < -0.4 is 0 Å². The summed E-state index contributed by atoms with van der Waals surface area (Å²) in [6, 6.07) is -0.216. The van der Waals surface area contributed by atoms with Crippen molar-refractivity contribution in [3.63, 3.8) is 0 Å². The molecule has 1 aliphatic heterocycles. The molecule has 1 saturated heterocycles. The molecule has 1 unspecified atom stereocenters. The second-order valence-electron chi connectivity index (χ2n) is 14.5. The van der Waals surface area contributed by atoms with Gasteiger partial charge in [-0.1, -0.05) is 24.6 Å². The molecule has 4 aliphatic carbocycles. The fraction of sp³-hybridized carbons (Fsp3) is 0.812. The predicted molar refractivity (Wildman–Crippen MR) is 152 cm³/mol. The number of hydrogen-bond acceptors (Lipinski definition) is 7. The van der Waals surface area contributed by atoms with Gasteiger partial charge < -0.3 is 14.4 Å². The minimum atomic E-state index is -0.829. The summed E-state index contributed by atoms with van der Waals surface area (Å²) in [7, 11) is 0. The molecule has 8 heteroatoms. The largest absolute Gasteiger partial charge is 0.535 e. The monoisotopic (exact) mass is 556 g/mol. The van der Waals surface area contributed by atoms with Gasteiger partial charge in [0.2, 0.25) is 0 Å². The van der Waals surface area contributed by atoms with Crippen LogP contribution in [0.5, 0.6) is 0 Å². The van der Waals surface area contributed by atoms with Crippen LogP contribution in [0.25, 0.3) is 0 Å². The lowest BCUT2D eigenvalue weighted by atomic mass is 9.46. The van der Waals surface area contributed by atoms with Crippen LogP contribution >= 0.6 is 0 Å². The van der Waals surface area contributed by atoms with Crippen molar-refractivity contribution >= 4 is 23.7 Å². The molecule has 8 nitrogen and oxygen atoms in total. The van der Waals surface area contributed by atoms with E-state index in [1.807, 2.05) is 33.8 Å². The Labute approximate surface area is 239 Å². The van der Waals surface area contributed by atoms with Crippen molar-refractivity contribution in [1.82, 2.24) is 4.90 Å². The first-order valence-electron chi connectivity index (χ1n) is 15.4. The number of allylic oxidation sites excluding steroid dienone is 1. The lowest BCUT2D eigenvalue weighted by molar-refractivity contribution is -0.117. The Bertz CT molecular complexity index is 1090. The first kappa shape index (κ1) is 29.1. The normalized spacial score (nSPS) is 37.7. The van der Waals surface area contributed by atoms with Gasteiger partial charge in [-0.05, 0) is 120 Å². The summed E-state index contributed by atoms with van der Waals surface area (Å²) in [6.45, 7) is 13.0. The van der Waals surface area contributed by atoms with Crippen molar-refractivity contribution in [2.45, 2.75) is 117 Å². The van der Waals surface area contributed by atoms with Crippen molar-refractivity contribution < 1.29 is 28.7 Å². The number of rotatable bonds is 4. The third-order valence-electron chi connectivity index (χ3n) is 11.1. The van der Waals surface area contributed by atoms with E-state index in [9.17, 15) is 14.4 Å². The molecule has 0 aromatic carbocycles. The standard InChI is InChI=1S/C32H48N2O6/c1-20(33-40-29(37)38-19-22-8-7-17-34(22)28(36)39-30(2,3)4)25-11-12-26-24-10-9-21-18-23(35)13-15-31(21,5)27(24)14-16-32(25,26)6/h18,22,24-27H,7-17,19H2,1-6H3/b33-20+/t22-,24-,25+,26?,27-,31-,32+/m0/s1. The molecule has 3 saturated carbocycles. The zero-order valence-corrected chi connectivity index (χ0v) is 25.3. The Hall–Kier alpha value is -2.38. The molecule has 1 heterocycles. The lowest BCUT2D eigenvalue weighted by Gasteiger charge is -2.58. The number of likely N-dealkylation sites (tertiary alicyclic amines) is 1. The van der Waals surface area contributed by atoms with Crippen molar-refractivity contribution in [3.8, 4) is 0 Å². The van der Waals surface area contributed by atoms with Crippen LogP contribution in [-0.2, 0) is 19.1 Å². The van der Waals surface area contributed by atoms with Crippen LogP contribution in [0.4, 0.5) is 9.59 Å². The number of carbonyl (C=O) groups excluding carboxylic acids is 3. The fourth-order valence-electron chi connectivity index (χ4n) is 9.18. The van der Waals surface area contributed by atoms with Gasteiger partial charge in [0.05, 0.1) is 11.8 Å². The third-order valence-corrected chi connectivity index (χ3v) is 11.1.